The third-order valence-electron chi connectivity index (χ3n) is 3.48. The largest absolute Gasteiger partial charge is 0.345 e. The number of hydrogen-bond acceptors (Lipinski definition) is 2. The molecule has 0 saturated heterocycles. The Hall–Kier alpha value is -2.10. The van der Waals surface area contributed by atoms with Crippen LogP contribution in [-0.2, 0) is 10.3 Å². The van der Waals surface area contributed by atoms with Gasteiger partial charge in [-0.25, -0.2) is 0 Å². The van der Waals surface area contributed by atoms with Gasteiger partial charge >= 0.3 is 0 Å². The maximum absolute atomic E-state index is 12.3. The number of rotatable bonds is 4. The van der Waals surface area contributed by atoms with Crippen molar-refractivity contribution < 1.29 is 4.79 Å². The molecule has 0 saturated carbocycles. The molecule has 1 aromatic carbocycles. The molecule has 1 atom stereocenters. The molecule has 1 aromatic heterocycles. The molecular formula is C16H21N3O. The zero-order chi connectivity index (χ0) is 14.8. The molecule has 1 heterocycles. The Bertz CT molecular complexity index is 588. The van der Waals surface area contributed by atoms with Gasteiger partial charge in [0, 0.05) is 12.4 Å². The summed E-state index contributed by atoms with van der Waals surface area (Å²) in [5.74, 6) is -0.0415. The van der Waals surface area contributed by atoms with Crippen LogP contribution in [0.2, 0.25) is 0 Å². The van der Waals surface area contributed by atoms with E-state index in [4.69, 9.17) is 0 Å². The van der Waals surface area contributed by atoms with Crippen molar-refractivity contribution in [3.05, 3.63) is 53.9 Å². The van der Waals surface area contributed by atoms with Crippen LogP contribution in [-0.4, -0.2) is 15.7 Å². The van der Waals surface area contributed by atoms with Crippen LogP contribution in [0.25, 0.3) is 0 Å². The summed E-state index contributed by atoms with van der Waals surface area (Å²) in [6.07, 6.45) is 3.47. The normalized spacial score (nSPS) is 13.0. The van der Waals surface area contributed by atoms with Gasteiger partial charge in [-0.05, 0) is 39.3 Å². The Morgan fingerprint density at radius 1 is 1.35 bits per heavy atom. The second kappa shape index (κ2) is 5.49. The highest BCUT2D eigenvalue weighted by atomic mass is 16.2. The summed E-state index contributed by atoms with van der Waals surface area (Å²) in [4.78, 5) is 12.3. The smallest absolute Gasteiger partial charge is 0.245 e. The third-order valence-corrected chi connectivity index (χ3v) is 3.48. The van der Waals surface area contributed by atoms with Gasteiger partial charge in [0.05, 0.1) is 5.54 Å². The number of aromatic nitrogens is 2. The van der Waals surface area contributed by atoms with E-state index in [0.717, 1.165) is 5.56 Å². The van der Waals surface area contributed by atoms with Gasteiger partial charge in [0.25, 0.3) is 0 Å². The Kier molecular flexibility index (Phi) is 3.93. The topological polar surface area (TPSA) is 46.9 Å². The second-order valence-corrected chi connectivity index (χ2v) is 5.65. The molecule has 4 heteroatoms. The molecule has 2 rings (SSSR count). The molecule has 0 spiro atoms. The Labute approximate surface area is 119 Å². The number of hydrogen-bond donors (Lipinski definition) is 1. The molecule has 2 aromatic rings. The number of carbonyl (C=O) groups is 1. The predicted molar refractivity (Wildman–Crippen MR) is 79.3 cm³/mol. The average molecular weight is 271 g/mol. The van der Waals surface area contributed by atoms with E-state index in [0.29, 0.717) is 0 Å². The van der Waals surface area contributed by atoms with Crippen molar-refractivity contribution in [3.63, 3.8) is 0 Å². The van der Waals surface area contributed by atoms with Gasteiger partial charge in [-0.1, -0.05) is 29.8 Å². The van der Waals surface area contributed by atoms with Crippen LogP contribution >= 0.6 is 0 Å². The Balaban J connectivity index is 2.14. The van der Waals surface area contributed by atoms with E-state index < -0.39 is 5.54 Å². The molecular weight excluding hydrogens is 250 g/mol. The van der Waals surface area contributed by atoms with E-state index in [1.807, 2.05) is 52.0 Å². The first-order valence-corrected chi connectivity index (χ1v) is 6.78. The minimum Gasteiger partial charge on any atom is -0.345 e. The molecule has 0 fully saturated rings. The van der Waals surface area contributed by atoms with Crippen LogP contribution < -0.4 is 5.32 Å². The van der Waals surface area contributed by atoms with Gasteiger partial charge in [-0.2, -0.15) is 5.10 Å². The molecule has 1 amide bonds. The fraction of sp³-hybridized carbons (Fsp3) is 0.375. The highest BCUT2D eigenvalue weighted by Gasteiger charge is 2.26. The quantitative estimate of drug-likeness (QED) is 0.929. The molecule has 0 aliphatic carbocycles. The Morgan fingerprint density at radius 2 is 2.10 bits per heavy atom. The van der Waals surface area contributed by atoms with Gasteiger partial charge in [0.1, 0.15) is 6.04 Å². The highest BCUT2D eigenvalue weighted by molar-refractivity contribution is 5.80. The average Bonchev–Trinajstić information content (AvgIpc) is 2.91. The monoisotopic (exact) mass is 271 g/mol. The standard InChI is InChI=1S/C16H21N3O/c1-12-7-5-8-14(11-12)16(3,4)18-15(20)13(2)19-10-6-9-17-19/h5-11,13H,1-4H3,(H,18,20)/t13-/m1/s1. The first kappa shape index (κ1) is 14.3. The summed E-state index contributed by atoms with van der Waals surface area (Å²) in [6, 6.07) is 9.68. The maximum Gasteiger partial charge on any atom is 0.245 e. The summed E-state index contributed by atoms with van der Waals surface area (Å²) in [7, 11) is 0. The number of aryl methyl sites for hydroxylation is 1. The number of carbonyl (C=O) groups excluding carboxylic acids is 1. The number of benzene rings is 1. The van der Waals surface area contributed by atoms with Gasteiger partial charge in [-0.15, -0.1) is 0 Å². The minimum absolute atomic E-state index is 0.0415. The van der Waals surface area contributed by atoms with Crippen molar-refractivity contribution in [1.29, 1.82) is 0 Å². The van der Waals surface area contributed by atoms with Crippen molar-refractivity contribution in [2.45, 2.75) is 39.3 Å². The molecule has 4 nitrogen and oxygen atoms in total. The fourth-order valence-electron chi connectivity index (χ4n) is 2.15. The first-order chi connectivity index (χ1) is 9.40. The van der Waals surface area contributed by atoms with Crippen molar-refractivity contribution in [3.8, 4) is 0 Å². The zero-order valence-corrected chi connectivity index (χ0v) is 12.4. The zero-order valence-electron chi connectivity index (χ0n) is 12.4. The molecule has 0 aliphatic rings. The molecule has 0 radical (unpaired) electrons. The first-order valence-electron chi connectivity index (χ1n) is 6.78. The molecule has 1 N–H and O–H groups in total. The second-order valence-electron chi connectivity index (χ2n) is 5.65. The van der Waals surface area contributed by atoms with E-state index >= 15 is 0 Å². The third kappa shape index (κ3) is 3.07. The van der Waals surface area contributed by atoms with Crippen molar-refractivity contribution in [2.24, 2.45) is 0 Å². The lowest BCUT2D eigenvalue weighted by Gasteiger charge is -2.29. The van der Waals surface area contributed by atoms with E-state index in [1.165, 1.54) is 5.56 Å². The molecule has 0 aliphatic heterocycles. The van der Waals surface area contributed by atoms with Gasteiger partial charge in [0.15, 0.2) is 0 Å². The van der Waals surface area contributed by atoms with Gasteiger partial charge in [0.2, 0.25) is 5.91 Å². The van der Waals surface area contributed by atoms with Crippen molar-refractivity contribution >= 4 is 5.91 Å². The highest BCUT2D eigenvalue weighted by Crippen LogP contribution is 2.22. The summed E-state index contributed by atoms with van der Waals surface area (Å²) in [6.45, 7) is 7.91. The molecule has 0 unspecified atom stereocenters. The van der Waals surface area contributed by atoms with E-state index in [9.17, 15) is 4.79 Å². The minimum atomic E-state index is -0.412. The lowest BCUT2D eigenvalue weighted by molar-refractivity contribution is -0.125. The molecule has 106 valence electrons. The van der Waals surface area contributed by atoms with E-state index in [1.54, 1.807) is 17.1 Å². The predicted octanol–water partition coefficient (Wildman–Crippen LogP) is 2.80. The van der Waals surface area contributed by atoms with Crippen molar-refractivity contribution in [1.82, 2.24) is 15.1 Å². The summed E-state index contributed by atoms with van der Waals surface area (Å²) >= 11 is 0. The van der Waals surface area contributed by atoms with Gasteiger partial charge < -0.3 is 5.32 Å². The van der Waals surface area contributed by atoms with E-state index in [-0.39, 0.29) is 11.9 Å². The molecule has 0 bridgehead atoms. The lowest BCUT2D eigenvalue weighted by Crippen LogP contribution is -2.44. The van der Waals surface area contributed by atoms with Crippen LogP contribution in [0, 0.1) is 6.92 Å². The number of amides is 1. The van der Waals surface area contributed by atoms with Crippen LogP contribution in [0.15, 0.2) is 42.7 Å². The molecule has 20 heavy (non-hydrogen) atoms. The Morgan fingerprint density at radius 3 is 2.70 bits per heavy atom. The summed E-state index contributed by atoms with van der Waals surface area (Å²) < 4.78 is 1.65. The van der Waals surface area contributed by atoms with Crippen LogP contribution in [0.1, 0.15) is 37.9 Å². The number of nitrogens with one attached hydrogen (secondary N) is 1. The van der Waals surface area contributed by atoms with E-state index in [2.05, 4.69) is 16.5 Å². The summed E-state index contributed by atoms with van der Waals surface area (Å²) in [5.41, 5.74) is 1.87. The van der Waals surface area contributed by atoms with Crippen LogP contribution in [0.5, 0.6) is 0 Å². The number of nitrogens with zero attached hydrogens (tertiary/aromatic N) is 2. The fourth-order valence-corrected chi connectivity index (χ4v) is 2.15. The lowest BCUT2D eigenvalue weighted by atomic mass is 9.92. The van der Waals surface area contributed by atoms with Crippen LogP contribution in [0.3, 0.4) is 0 Å². The van der Waals surface area contributed by atoms with Crippen LogP contribution in [0.4, 0.5) is 0 Å². The maximum atomic E-state index is 12.3. The van der Waals surface area contributed by atoms with Crippen molar-refractivity contribution in [2.75, 3.05) is 0 Å². The van der Waals surface area contributed by atoms with Gasteiger partial charge in [-0.3, -0.25) is 9.48 Å². The SMILES string of the molecule is Cc1cccc(C(C)(C)NC(=O)[C@@H](C)n2cccn2)c1. The summed E-state index contributed by atoms with van der Waals surface area (Å²) in [5, 5.41) is 7.20.